The van der Waals surface area contributed by atoms with E-state index in [1.165, 1.54) is 23.5 Å². The lowest BCUT2D eigenvalue weighted by Crippen LogP contribution is -2.32. The molecule has 2 rings (SSSR count). The predicted molar refractivity (Wildman–Crippen MR) is 96.6 cm³/mol. The molecule has 1 amide bonds. The lowest BCUT2D eigenvalue weighted by molar-refractivity contribution is 0.0939. The average Bonchev–Trinajstić information content (AvgIpc) is 3.04. The largest absolute Gasteiger partial charge is 0.352 e. The van der Waals surface area contributed by atoms with Gasteiger partial charge in [-0.2, -0.15) is 0 Å². The van der Waals surface area contributed by atoms with Crippen molar-refractivity contribution in [2.24, 2.45) is 5.41 Å². The minimum Gasteiger partial charge on any atom is -0.352 e. The molecule has 0 saturated heterocycles. The van der Waals surface area contributed by atoms with E-state index in [0.29, 0.717) is 12.1 Å². The van der Waals surface area contributed by atoms with E-state index in [-0.39, 0.29) is 22.8 Å². The van der Waals surface area contributed by atoms with Gasteiger partial charge < -0.3 is 5.32 Å². The highest BCUT2D eigenvalue weighted by molar-refractivity contribution is 7.89. The van der Waals surface area contributed by atoms with E-state index in [1.807, 2.05) is 38.3 Å². The summed E-state index contributed by atoms with van der Waals surface area (Å²) in [5.74, 6) is -0.278. The summed E-state index contributed by atoms with van der Waals surface area (Å²) in [6.07, 6.45) is 0. The third kappa shape index (κ3) is 5.43. The number of thiophene rings is 1. The van der Waals surface area contributed by atoms with Gasteiger partial charge in [-0.05, 0) is 35.1 Å². The summed E-state index contributed by atoms with van der Waals surface area (Å²) >= 11 is 1.48. The van der Waals surface area contributed by atoms with Gasteiger partial charge in [0.25, 0.3) is 5.91 Å². The van der Waals surface area contributed by atoms with Gasteiger partial charge in [-0.3, -0.25) is 4.79 Å². The van der Waals surface area contributed by atoms with Crippen LogP contribution in [0.4, 0.5) is 0 Å². The van der Waals surface area contributed by atoms with E-state index in [1.54, 1.807) is 12.1 Å². The molecule has 7 heteroatoms. The number of hydrogen-bond acceptors (Lipinski definition) is 4. The molecule has 0 atom stereocenters. The van der Waals surface area contributed by atoms with Crippen LogP contribution in [0.15, 0.2) is 46.7 Å². The highest BCUT2D eigenvalue weighted by atomic mass is 32.2. The summed E-state index contributed by atoms with van der Waals surface area (Å²) in [6.45, 7) is 6.80. The Morgan fingerprint density at radius 1 is 1.17 bits per heavy atom. The predicted octanol–water partition coefficient (Wildman–Crippen LogP) is 3.00. The van der Waals surface area contributed by atoms with E-state index in [9.17, 15) is 13.2 Å². The molecule has 0 fully saturated rings. The maximum atomic E-state index is 12.4. The number of carbonyl (C=O) groups is 1. The van der Waals surface area contributed by atoms with Crippen LogP contribution >= 0.6 is 11.3 Å². The summed E-state index contributed by atoms with van der Waals surface area (Å²) in [5.41, 5.74) is 0.292. The summed E-state index contributed by atoms with van der Waals surface area (Å²) < 4.78 is 27.3. The van der Waals surface area contributed by atoms with Crippen LogP contribution in [0.3, 0.4) is 0 Å². The van der Waals surface area contributed by atoms with Crippen LogP contribution in [-0.2, 0) is 16.6 Å². The van der Waals surface area contributed by atoms with Crippen molar-refractivity contribution in [1.82, 2.24) is 10.0 Å². The van der Waals surface area contributed by atoms with E-state index < -0.39 is 10.0 Å². The molecule has 1 aromatic heterocycles. The van der Waals surface area contributed by atoms with Crippen molar-refractivity contribution in [3.63, 3.8) is 0 Å². The van der Waals surface area contributed by atoms with Gasteiger partial charge in [0.15, 0.2) is 0 Å². The van der Waals surface area contributed by atoms with Crippen molar-refractivity contribution < 1.29 is 13.2 Å². The minimum atomic E-state index is -3.66. The Balaban J connectivity index is 2.09. The van der Waals surface area contributed by atoms with Crippen molar-refractivity contribution in [1.29, 1.82) is 0 Å². The van der Waals surface area contributed by atoms with E-state index in [4.69, 9.17) is 0 Å². The number of sulfonamides is 1. The molecule has 0 aliphatic heterocycles. The summed E-state index contributed by atoms with van der Waals surface area (Å²) in [7, 11) is -3.66. The van der Waals surface area contributed by atoms with Crippen molar-refractivity contribution >= 4 is 27.3 Å². The zero-order valence-electron chi connectivity index (χ0n) is 14.0. The Bertz CT molecular complexity index is 791. The molecule has 130 valence electrons. The second-order valence-electron chi connectivity index (χ2n) is 6.68. The molecule has 0 bridgehead atoms. The summed E-state index contributed by atoms with van der Waals surface area (Å²) in [6, 6.07) is 9.80. The number of carbonyl (C=O) groups excluding carboxylic acids is 1. The van der Waals surface area contributed by atoms with E-state index >= 15 is 0 Å². The van der Waals surface area contributed by atoms with Crippen LogP contribution in [-0.4, -0.2) is 20.9 Å². The molecular weight excluding hydrogens is 344 g/mol. The van der Waals surface area contributed by atoms with Crippen molar-refractivity contribution in [3.8, 4) is 0 Å². The Labute approximate surface area is 147 Å². The number of rotatable bonds is 6. The lowest BCUT2D eigenvalue weighted by Gasteiger charge is -2.18. The molecule has 0 unspecified atom stereocenters. The van der Waals surface area contributed by atoms with Crippen molar-refractivity contribution in [2.45, 2.75) is 32.2 Å². The van der Waals surface area contributed by atoms with Crippen LogP contribution < -0.4 is 10.0 Å². The highest BCUT2D eigenvalue weighted by Gasteiger charge is 2.17. The smallest absolute Gasteiger partial charge is 0.251 e. The number of amides is 1. The van der Waals surface area contributed by atoms with E-state index in [0.717, 1.165) is 4.88 Å². The Morgan fingerprint density at radius 3 is 2.54 bits per heavy atom. The molecule has 0 saturated carbocycles. The topological polar surface area (TPSA) is 75.3 Å². The monoisotopic (exact) mass is 366 g/mol. The molecule has 0 aliphatic carbocycles. The second-order valence-corrected chi connectivity index (χ2v) is 9.47. The van der Waals surface area contributed by atoms with Gasteiger partial charge in [0.2, 0.25) is 10.0 Å². The van der Waals surface area contributed by atoms with E-state index in [2.05, 4.69) is 10.0 Å². The highest BCUT2D eigenvalue weighted by Crippen LogP contribution is 2.15. The molecule has 5 nitrogen and oxygen atoms in total. The molecule has 1 aromatic carbocycles. The molecule has 0 spiro atoms. The molecule has 2 N–H and O–H groups in total. The van der Waals surface area contributed by atoms with Gasteiger partial charge in [0.05, 0.1) is 4.90 Å². The maximum absolute atomic E-state index is 12.4. The first-order valence-electron chi connectivity index (χ1n) is 7.58. The molecular formula is C17H22N2O3S2. The quantitative estimate of drug-likeness (QED) is 0.825. The molecule has 0 radical (unpaired) electrons. The molecule has 2 aromatic rings. The van der Waals surface area contributed by atoms with Crippen molar-refractivity contribution in [2.75, 3.05) is 6.54 Å². The van der Waals surface area contributed by atoms with Crippen LogP contribution in [0.5, 0.6) is 0 Å². The zero-order valence-corrected chi connectivity index (χ0v) is 15.6. The number of benzene rings is 1. The first-order valence-corrected chi connectivity index (χ1v) is 9.94. The van der Waals surface area contributed by atoms with Gasteiger partial charge >= 0.3 is 0 Å². The van der Waals surface area contributed by atoms with Crippen LogP contribution in [0, 0.1) is 5.41 Å². The normalized spacial score (nSPS) is 12.1. The third-order valence-corrected chi connectivity index (χ3v) is 5.48. The van der Waals surface area contributed by atoms with Gasteiger partial charge in [-0.25, -0.2) is 13.1 Å². The summed E-state index contributed by atoms with van der Waals surface area (Å²) in [4.78, 5) is 13.2. The fourth-order valence-corrected chi connectivity index (χ4v) is 3.70. The van der Waals surface area contributed by atoms with Gasteiger partial charge in [-0.15, -0.1) is 11.3 Å². The van der Waals surface area contributed by atoms with Gasteiger partial charge in [0, 0.05) is 23.5 Å². The Hall–Kier alpha value is -1.70. The number of hydrogen-bond donors (Lipinski definition) is 2. The van der Waals surface area contributed by atoms with Crippen molar-refractivity contribution in [3.05, 3.63) is 52.2 Å². The first-order chi connectivity index (χ1) is 11.2. The Morgan fingerprint density at radius 2 is 1.92 bits per heavy atom. The minimum absolute atomic E-state index is 0.0401. The second kappa shape index (κ2) is 7.46. The maximum Gasteiger partial charge on any atom is 0.251 e. The third-order valence-electron chi connectivity index (χ3n) is 3.20. The van der Waals surface area contributed by atoms with Crippen LogP contribution in [0.2, 0.25) is 0 Å². The SMILES string of the molecule is CC(C)(C)CNC(=O)c1cccc(S(=O)(=O)NCc2cccs2)c1. The first kappa shape index (κ1) is 18.6. The zero-order chi connectivity index (χ0) is 17.8. The average molecular weight is 367 g/mol. The fourth-order valence-electron chi connectivity index (χ4n) is 1.91. The molecule has 0 aliphatic rings. The van der Waals surface area contributed by atoms with Crippen LogP contribution in [0.1, 0.15) is 36.0 Å². The molecule has 1 heterocycles. The van der Waals surface area contributed by atoms with Gasteiger partial charge in [-0.1, -0.05) is 32.9 Å². The fraction of sp³-hybridized carbons (Fsp3) is 0.353. The van der Waals surface area contributed by atoms with Crippen LogP contribution in [0.25, 0.3) is 0 Å². The Kier molecular flexibility index (Phi) is 5.79. The summed E-state index contributed by atoms with van der Waals surface area (Å²) in [5, 5.41) is 4.71. The molecule has 24 heavy (non-hydrogen) atoms. The standard InChI is InChI=1S/C17H22N2O3S2/c1-17(2,3)12-18-16(20)13-6-4-8-15(10-13)24(21,22)19-11-14-7-5-9-23-14/h4-10,19H,11-12H2,1-3H3,(H,18,20). The number of nitrogens with one attached hydrogen (secondary N) is 2. The lowest BCUT2D eigenvalue weighted by atomic mass is 9.97. The van der Waals surface area contributed by atoms with Gasteiger partial charge in [0.1, 0.15) is 0 Å².